The number of aliphatic carboxylic acids is 2. The van der Waals surface area contributed by atoms with Gasteiger partial charge in [-0.1, -0.05) is 38.1 Å². The third kappa shape index (κ3) is 8.79. The van der Waals surface area contributed by atoms with Crippen molar-refractivity contribution in [1.29, 1.82) is 0 Å². The molecule has 0 aromatic heterocycles. The first-order valence-electron chi connectivity index (χ1n) is 13.0. The molecule has 232 valence electrons. The fourth-order valence-corrected chi connectivity index (χ4v) is 5.40. The summed E-state index contributed by atoms with van der Waals surface area (Å²) < 4.78 is 63.5. The molecule has 2 atom stereocenters. The Bertz CT molecular complexity index is 1030. The summed E-state index contributed by atoms with van der Waals surface area (Å²) >= 11 is 0. The molecule has 4 N–H and O–H groups in total. The van der Waals surface area contributed by atoms with Crippen molar-refractivity contribution in [3.8, 4) is 0 Å². The number of amides is 1. The van der Waals surface area contributed by atoms with E-state index in [2.05, 4.69) is 48.3 Å². The average Bonchev–Trinajstić information content (AvgIpc) is 3.11. The Morgan fingerprint density at radius 2 is 1.39 bits per heavy atom. The second-order valence-electron chi connectivity index (χ2n) is 10.5. The molecule has 0 saturated carbocycles. The molecule has 15 heteroatoms. The summed E-state index contributed by atoms with van der Waals surface area (Å²) in [5.74, 6) is -4.84. The van der Waals surface area contributed by atoms with E-state index in [-0.39, 0.29) is 23.5 Å². The summed E-state index contributed by atoms with van der Waals surface area (Å²) in [6.07, 6.45) is -7.91. The van der Waals surface area contributed by atoms with Crippen LogP contribution in [0, 0.1) is 5.92 Å². The molecule has 2 fully saturated rings. The summed E-state index contributed by atoms with van der Waals surface area (Å²) in [6, 6.07) is 8.70. The van der Waals surface area contributed by atoms with Crippen LogP contribution in [0.2, 0.25) is 0 Å². The highest BCUT2D eigenvalue weighted by atomic mass is 19.4. The number of piperazine rings is 1. The number of piperidine rings is 1. The molecule has 4 rings (SSSR count). The van der Waals surface area contributed by atoms with E-state index in [1.165, 1.54) is 11.1 Å². The predicted molar refractivity (Wildman–Crippen MR) is 134 cm³/mol. The van der Waals surface area contributed by atoms with E-state index in [0.717, 1.165) is 52.1 Å². The first kappa shape index (κ1) is 34.3. The number of halogens is 6. The number of carbonyl (C=O) groups excluding carboxylic acids is 1. The highest BCUT2D eigenvalue weighted by Crippen LogP contribution is 2.52. The molecule has 0 bridgehead atoms. The normalized spacial score (nSPS) is 22.2. The zero-order chi connectivity index (χ0) is 31.2. The number of nitrogens with zero attached hydrogens (tertiary/aromatic N) is 2. The average molecular weight is 600 g/mol. The van der Waals surface area contributed by atoms with Gasteiger partial charge in [0.05, 0.1) is 12.1 Å². The number of carboxylic acid groups (broad SMARTS) is 2. The fraction of sp³-hybridized carbons (Fsp3) is 0.654. The Labute approximate surface area is 233 Å². The van der Waals surface area contributed by atoms with Crippen LogP contribution in [0.15, 0.2) is 24.3 Å². The molecule has 1 aromatic rings. The van der Waals surface area contributed by atoms with Crippen LogP contribution in [0.5, 0.6) is 0 Å². The van der Waals surface area contributed by atoms with E-state index in [1.807, 2.05) is 4.90 Å². The molecule has 1 aromatic carbocycles. The third-order valence-corrected chi connectivity index (χ3v) is 7.31. The molecule has 0 unspecified atom stereocenters. The number of rotatable bonds is 3. The quantitative estimate of drug-likeness (QED) is 0.390. The number of hydrogen-bond acceptors (Lipinski definition) is 6. The second kappa shape index (κ2) is 13.8. The number of hydrogen-bond donors (Lipinski definition) is 4. The van der Waals surface area contributed by atoms with Crippen molar-refractivity contribution >= 4 is 17.8 Å². The van der Waals surface area contributed by atoms with Gasteiger partial charge in [-0.05, 0) is 43.0 Å². The highest BCUT2D eigenvalue weighted by molar-refractivity contribution is 5.76. The van der Waals surface area contributed by atoms with E-state index in [0.29, 0.717) is 12.3 Å². The first-order valence-corrected chi connectivity index (χ1v) is 13.0. The number of aliphatic hydroxyl groups is 1. The smallest absolute Gasteiger partial charge is 0.475 e. The predicted octanol–water partition coefficient (Wildman–Crippen LogP) is 3.18. The van der Waals surface area contributed by atoms with Crippen LogP contribution in [0.3, 0.4) is 0 Å². The number of carbonyl (C=O) groups is 3. The number of alkyl halides is 6. The second-order valence-corrected chi connectivity index (χ2v) is 10.5. The van der Waals surface area contributed by atoms with Crippen molar-refractivity contribution in [2.75, 3.05) is 39.3 Å². The maximum absolute atomic E-state index is 12.4. The molecule has 1 amide bonds. The minimum Gasteiger partial charge on any atom is -0.475 e. The van der Waals surface area contributed by atoms with Crippen molar-refractivity contribution in [1.82, 2.24) is 15.1 Å². The molecule has 1 spiro atoms. The molecular formula is C26H35F6N3O6. The van der Waals surface area contributed by atoms with Crippen molar-refractivity contribution in [2.45, 2.75) is 63.0 Å². The van der Waals surface area contributed by atoms with E-state index in [4.69, 9.17) is 19.8 Å². The topological polar surface area (TPSA) is 130 Å². The molecule has 41 heavy (non-hydrogen) atoms. The van der Waals surface area contributed by atoms with Crippen LogP contribution < -0.4 is 5.32 Å². The Morgan fingerprint density at radius 1 is 0.927 bits per heavy atom. The minimum atomic E-state index is -5.08. The van der Waals surface area contributed by atoms with Crippen molar-refractivity contribution in [2.24, 2.45) is 5.92 Å². The lowest BCUT2D eigenvalue weighted by Gasteiger charge is -2.43. The summed E-state index contributed by atoms with van der Waals surface area (Å²) in [5, 5.41) is 29.2. The molecule has 2 saturated heterocycles. The largest absolute Gasteiger partial charge is 0.490 e. The van der Waals surface area contributed by atoms with E-state index >= 15 is 0 Å². The molecule has 9 nitrogen and oxygen atoms in total. The van der Waals surface area contributed by atoms with Gasteiger partial charge in [-0.3, -0.25) is 9.69 Å². The summed E-state index contributed by atoms with van der Waals surface area (Å²) in [4.78, 5) is 34.6. The Hall–Kier alpha value is -2.91. The number of fused-ring (bicyclic) bond motifs is 2. The van der Waals surface area contributed by atoms with Gasteiger partial charge in [0.1, 0.15) is 0 Å². The van der Waals surface area contributed by atoms with Crippen molar-refractivity contribution in [3.05, 3.63) is 35.4 Å². The van der Waals surface area contributed by atoms with Crippen LogP contribution in [-0.4, -0.2) is 101 Å². The third-order valence-electron chi connectivity index (χ3n) is 7.31. The van der Waals surface area contributed by atoms with Gasteiger partial charge in [0.2, 0.25) is 5.91 Å². The lowest BCUT2D eigenvalue weighted by Crippen LogP contribution is -2.53. The van der Waals surface area contributed by atoms with Gasteiger partial charge >= 0.3 is 24.3 Å². The molecule has 2 heterocycles. The molecular weight excluding hydrogens is 564 g/mol. The lowest BCUT2D eigenvalue weighted by molar-refractivity contribution is -0.193. The number of carboxylic acids is 2. The number of benzene rings is 1. The zero-order valence-electron chi connectivity index (χ0n) is 22.6. The SMILES string of the molecule is CC(C)CC(=O)N1CCN([C@@H]2c3ccccc3C3(CCNCC3)[C@H]2O)CC1.O=C(O)C(F)(F)F.O=C(O)C(F)(F)F. The van der Waals surface area contributed by atoms with E-state index < -0.39 is 24.3 Å². The molecule has 3 aliphatic rings. The van der Waals surface area contributed by atoms with Crippen LogP contribution in [0.1, 0.15) is 50.3 Å². The summed E-state index contributed by atoms with van der Waals surface area (Å²) in [6.45, 7) is 9.35. The molecule has 1 aliphatic carbocycles. The first-order chi connectivity index (χ1) is 18.9. The molecule has 0 radical (unpaired) electrons. The van der Waals surface area contributed by atoms with Gasteiger partial charge in [-0.25, -0.2) is 9.59 Å². The zero-order valence-corrected chi connectivity index (χ0v) is 22.6. The summed E-state index contributed by atoms with van der Waals surface area (Å²) in [5.41, 5.74) is 2.54. The highest BCUT2D eigenvalue weighted by Gasteiger charge is 2.53. The minimum absolute atomic E-state index is 0.0571. The van der Waals surface area contributed by atoms with Crippen molar-refractivity contribution in [3.63, 3.8) is 0 Å². The van der Waals surface area contributed by atoms with Gasteiger partial charge in [0.15, 0.2) is 0 Å². The van der Waals surface area contributed by atoms with Crippen LogP contribution >= 0.6 is 0 Å². The Kier molecular flexibility index (Phi) is 11.6. The lowest BCUT2D eigenvalue weighted by atomic mass is 9.72. The van der Waals surface area contributed by atoms with Crippen molar-refractivity contribution < 1.29 is 56.0 Å². The van der Waals surface area contributed by atoms with Crippen LogP contribution in [0.25, 0.3) is 0 Å². The van der Waals surface area contributed by atoms with Crippen LogP contribution in [0.4, 0.5) is 26.3 Å². The van der Waals surface area contributed by atoms with Gasteiger partial charge in [0, 0.05) is 38.0 Å². The van der Waals surface area contributed by atoms with Gasteiger partial charge < -0.3 is 25.5 Å². The van der Waals surface area contributed by atoms with Crippen LogP contribution in [-0.2, 0) is 19.8 Å². The molecule has 2 aliphatic heterocycles. The van der Waals surface area contributed by atoms with E-state index in [1.54, 1.807) is 0 Å². The van der Waals surface area contributed by atoms with Gasteiger partial charge in [0.25, 0.3) is 0 Å². The maximum Gasteiger partial charge on any atom is 0.490 e. The van der Waals surface area contributed by atoms with E-state index in [9.17, 15) is 36.2 Å². The maximum atomic E-state index is 12.4. The summed E-state index contributed by atoms with van der Waals surface area (Å²) in [7, 11) is 0. The fourth-order valence-electron chi connectivity index (χ4n) is 5.40. The standard InChI is InChI=1S/C22H33N3O2.2C2HF3O2/c1-16(2)15-19(26)24-11-13-25(14-12-24)20-17-5-3-4-6-18(17)22(21(20)27)7-9-23-10-8-22;2*3-2(4,5)1(6)7/h3-6,16,20-21,23,27H,7-15H2,1-2H3;2*(H,6,7)/t20-,21+;;/m1../s1. The monoisotopic (exact) mass is 599 g/mol. The number of nitrogens with one attached hydrogen (secondary N) is 1. The Morgan fingerprint density at radius 3 is 1.83 bits per heavy atom. The number of aliphatic hydroxyl groups excluding tert-OH is 1. The Balaban J connectivity index is 0.000000349. The van der Waals surface area contributed by atoms with Gasteiger partial charge in [-0.2, -0.15) is 26.3 Å². The van der Waals surface area contributed by atoms with Gasteiger partial charge in [-0.15, -0.1) is 0 Å².